The molecule has 2 N–H and O–H groups in total. The molecule has 0 aliphatic heterocycles. The van der Waals surface area contributed by atoms with Gasteiger partial charge in [0.15, 0.2) is 0 Å². The zero-order chi connectivity index (χ0) is 17.0. The quantitative estimate of drug-likeness (QED) is 0.837. The summed E-state index contributed by atoms with van der Waals surface area (Å²) >= 11 is 0. The predicted octanol–water partition coefficient (Wildman–Crippen LogP) is 4.54. The molecular weight excluding hydrogens is 320 g/mol. The van der Waals surface area contributed by atoms with Crippen molar-refractivity contribution >= 4 is 21.4 Å². The summed E-state index contributed by atoms with van der Waals surface area (Å²) in [5, 5.41) is 3.51. The summed E-state index contributed by atoms with van der Waals surface area (Å²) in [5.41, 5.74) is 2.48. The Bertz CT molecular complexity index is 779. The average molecular weight is 344 g/mol. The second kappa shape index (κ2) is 7.26. The van der Waals surface area contributed by atoms with Crippen molar-refractivity contribution in [2.75, 3.05) is 10.0 Å². The predicted molar refractivity (Wildman–Crippen MR) is 98.9 cm³/mol. The molecule has 0 heterocycles. The number of hydrogen-bond donors (Lipinski definition) is 2. The van der Waals surface area contributed by atoms with E-state index in [1.165, 1.54) is 19.3 Å². The minimum Gasteiger partial charge on any atom is -0.381 e. The average Bonchev–Trinajstić information content (AvgIpc) is 2.58. The van der Waals surface area contributed by atoms with Gasteiger partial charge in [-0.25, -0.2) is 8.42 Å². The lowest BCUT2D eigenvalue weighted by Crippen LogP contribution is -2.23. The molecule has 5 heteroatoms. The van der Waals surface area contributed by atoms with Crippen molar-refractivity contribution in [2.24, 2.45) is 0 Å². The maximum absolute atomic E-state index is 12.6. The number of nitrogens with one attached hydrogen (secondary N) is 2. The van der Waals surface area contributed by atoms with Gasteiger partial charge >= 0.3 is 0 Å². The summed E-state index contributed by atoms with van der Waals surface area (Å²) in [4.78, 5) is 0.278. The zero-order valence-corrected chi connectivity index (χ0v) is 14.8. The van der Waals surface area contributed by atoms with Gasteiger partial charge in [0, 0.05) is 6.04 Å². The minimum absolute atomic E-state index is 0.278. The Morgan fingerprint density at radius 3 is 2.17 bits per heavy atom. The van der Waals surface area contributed by atoms with Crippen molar-refractivity contribution < 1.29 is 8.42 Å². The van der Waals surface area contributed by atoms with Crippen LogP contribution in [0.5, 0.6) is 0 Å². The van der Waals surface area contributed by atoms with Crippen LogP contribution < -0.4 is 10.0 Å². The lowest BCUT2D eigenvalue weighted by Gasteiger charge is -2.25. The van der Waals surface area contributed by atoms with Gasteiger partial charge in [0.05, 0.1) is 16.3 Å². The number of benzene rings is 2. The van der Waals surface area contributed by atoms with Gasteiger partial charge < -0.3 is 5.32 Å². The molecule has 4 nitrogen and oxygen atoms in total. The third kappa shape index (κ3) is 4.09. The molecule has 128 valence electrons. The summed E-state index contributed by atoms with van der Waals surface area (Å²) in [5.74, 6) is 0. The third-order valence-corrected chi connectivity index (χ3v) is 5.85. The maximum Gasteiger partial charge on any atom is 0.261 e. The zero-order valence-electron chi connectivity index (χ0n) is 14.0. The first-order chi connectivity index (χ1) is 11.5. The van der Waals surface area contributed by atoms with Crippen LogP contribution >= 0.6 is 0 Å². The monoisotopic (exact) mass is 344 g/mol. The smallest absolute Gasteiger partial charge is 0.261 e. The Kier molecular flexibility index (Phi) is 5.09. The van der Waals surface area contributed by atoms with E-state index in [1.807, 2.05) is 25.1 Å². The van der Waals surface area contributed by atoms with Crippen LogP contribution in [0.3, 0.4) is 0 Å². The summed E-state index contributed by atoms with van der Waals surface area (Å²) in [6.45, 7) is 1.94. The highest BCUT2D eigenvalue weighted by molar-refractivity contribution is 7.92. The SMILES string of the molecule is Cc1ccc(S(=O)(=O)Nc2ccccc2NC2CCCCC2)cc1. The normalized spacial score (nSPS) is 15.9. The number of rotatable bonds is 5. The Morgan fingerprint density at radius 1 is 0.875 bits per heavy atom. The second-order valence-corrected chi connectivity index (χ2v) is 8.13. The molecule has 1 fully saturated rings. The number of para-hydroxylation sites is 2. The standard InChI is InChI=1S/C19H24N2O2S/c1-15-11-13-17(14-12-15)24(22,23)21-19-10-6-5-9-18(19)20-16-7-3-2-4-8-16/h5-6,9-14,16,20-21H,2-4,7-8H2,1H3. The lowest BCUT2D eigenvalue weighted by molar-refractivity contribution is 0.463. The Balaban J connectivity index is 1.80. The van der Waals surface area contributed by atoms with Crippen LogP contribution in [0.15, 0.2) is 53.4 Å². The molecule has 0 aromatic heterocycles. The van der Waals surface area contributed by atoms with Gasteiger partial charge in [-0.1, -0.05) is 49.1 Å². The van der Waals surface area contributed by atoms with E-state index in [0.717, 1.165) is 24.1 Å². The van der Waals surface area contributed by atoms with Crippen LogP contribution in [0.4, 0.5) is 11.4 Å². The van der Waals surface area contributed by atoms with E-state index in [2.05, 4.69) is 10.0 Å². The summed E-state index contributed by atoms with van der Waals surface area (Å²) in [6, 6.07) is 14.8. The molecule has 3 rings (SSSR count). The van der Waals surface area contributed by atoms with Gasteiger partial charge in [0.25, 0.3) is 10.0 Å². The molecule has 0 bridgehead atoms. The van der Waals surface area contributed by atoms with Gasteiger partial charge in [-0.15, -0.1) is 0 Å². The molecular formula is C19H24N2O2S. The van der Waals surface area contributed by atoms with Crippen LogP contribution in [0.25, 0.3) is 0 Å². The molecule has 1 aliphatic carbocycles. The van der Waals surface area contributed by atoms with Crippen molar-refractivity contribution in [1.82, 2.24) is 0 Å². The van der Waals surface area contributed by atoms with E-state index in [9.17, 15) is 8.42 Å². The lowest BCUT2D eigenvalue weighted by atomic mass is 9.95. The molecule has 0 spiro atoms. The van der Waals surface area contributed by atoms with Gasteiger partial charge in [-0.3, -0.25) is 4.72 Å². The van der Waals surface area contributed by atoms with Crippen LogP contribution in [-0.2, 0) is 10.0 Å². The fourth-order valence-electron chi connectivity index (χ4n) is 3.09. The highest BCUT2D eigenvalue weighted by Gasteiger charge is 2.18. The van der Waals surface area contributed by atoms with Crippen molar-refractivity contribution in [3.8, 4) is 0 Å². The first kappa shape index (κ1) is 16.8. The molecule has 0 saturated heterocycles. The van der Waals surface area contributed by atoms with Crippen LogP contribution in [-0.4, -0.2) is 14.5 Å². The molecule has 1 aliphatic rings. The topological polar surface area (TPSA) is 58.2 Å². The molecule has 0 atom stereocenters. The second-order valence-electron chi connectivity index (χ2n) is 6.44. The molecule has 1 saturated carbocycles. The number of sulfonamides is 1. The van der Waals surface area contributed by atoms with Crippen molar-refractivity contribution in [2.45, 2.75) is 50.0 Å². The summed E-state index contributed by atoms with van der Waals surface area (Å²) in [6.07, 6.45) is 6.03. The summed E-state index contributed by atoms with van der Waals surface area (Å²) < 4.78 is 28.0. The van der Waals surface area contributed by atoms with E-state index >= 15 is 0 Å². The van der Waals surface area contributed by atoms with Gasteiger partial charge in [-0.2, -0.15) is 0 Å². The Hall–Kier alpha value is -2.01. The fraction of sp³-hybridized carbons (Fsp3) is 0.368. The highest BCUT2D eigenvalue weighted by atomic mass is 32.2. The van der Waals surface area contributed by atoms with E-state index in [0.29, 0.717) is 11.7 Å². The minimum atomic E-state index is -3.58. The van der Waals surface area contributed by atoms with Crippen molar-refractivity contribution in [3.63, 3.8) is 0 Å². The van der Waals surface area contributed by atoms with E-state index in [-0.39, 0.29) is 4.90 Å². The van der Waals surface area contributed by atoms with Crippen LogP contribution in [0.2, 0.25) is 0 Å². The Labute approximate surface area is 144 Å². The molecule has 2 aromatic rings. The molecule has 24 heavy (non-hydrogen) atoms. The summed E-state index contributed by atoms with van der Waals surface area (Å²) in [7, 11) is -3.58. The molecule has 0 unspecified atom stereocenters. The molecule has 0 radical (unpaired) electrons. The fourth-order valence-corrected chi connectivity index (χ4v) is 4.17. The highest BCUT2D eigenvalue weighted by Crippen LogP contribution is 2.28. The van der Waals surface area contributed by atoms with Crippen LogP contribution in [0, 0.1) is 6.92 Å². The van der Waals surface area contributed by atoms with E-state index < -0.39 is 10.0 Å². The Morgan fingerprint density at radius 2 is 1.50 bits per heavy atom. The van der Waals surface area contributed by atoms with Crippen molar-refractivity contribution in [3.05, 3.63) is 54.1 Å². The molecule has 2 aromatic carbocycles. The van der Waals surface area contributed by atoms with E-state index in [1.54, 1.807) is 30.3 Å². The third-order valence-electron chi connectivity index (χ3n) is 4.47. The molecule has 0 amide bonds. The maximum atomic E-state index is 12.6. The largest absolute Gasteiger partial charge is 0.381 e. The number of hydrogen-bond acceptors (Lipinski definition) is 3. The van der Waals surface area contributed by atoms with Crippen molar-refractivity contribution in [1.29, 1.82) is 0 Å². The number of anilines is 2. The van der Waals surface area contributed by atoms with Gasteiger partial charge in [0.1, 0.15) is 0 Å². The van der Waals surface area contributed by atoms with Gasteiger partial charge in [-0.05, 0) is 44.0 Å². The van der Waals surface area contributed by atoms with E-state index in [4.69, 9.17) is 0 Å². The first-order valence-electron chi connectivity index (χ1n) is 8.50. The first-order valence-corrected chi connectivity index (χ1v) is 9.98. The van der Waals surface area contributed by atoms with Crippen LogP contribution in [0.1, 0.15) is 37.7 Å². The number of aryl methyl sites for hydroxylation is 1. The van der Waals surface area contributed by atoms with Gasteiger partial charge in [0.2, 0.25) is 0 Å².